The van der Waals surface area contributed by atoms with E-state index in [9.17, 15) is 14.7 Å². The monoisotopic (exact) mass is 355 g/mol. The summed E-state index contributed by atoms with van der Waals surface area (Å²) in [6.07, 6.45) is 0.0808. The molecule has 0 spiro atoms. The zero-order valence-corrected chi connectivity index (χ0v) is 15.4. The minimum Gasteiger partial charge on any atom is -0.480 e. The van der Waals surface area contributed by atoms with E-state index < -0.39 is 23.7 Å². The van der Waals surface area contributed by atoms with Crippen molar-refractivity contribution in [3.05, 3.63) is 60.2 Å². The van der Waals surface area contributed by atoms with E-state index in [0.717, 1.165) is 16.7 Å². The molecule has 0 aromatic heterocycles. The van der Waals surface area contributed by atoms with Crippen molar-refractivity contribution >= 4 is 12.1 Å². The summed E-state index contributed by atoms with van der Waals surface area (Å²) in [7, 11) is 0. The molecule has 0 aliphatic heterocycles. The number of carboxylic acid groups (broad SMARTS) is 1. The highest BCUT2D eigenvalue weighted by molar-refractivity contribution is 5.80. The summed E-state index contributed by atoms with van der Waals surface area (Å²) in [6, 6.07) is 16.8. The van der Waals surface area contributed by atoms with Crippen molar-refractivity contribution in [2.24, 2.45) is 0 Å². The number of aryl methyl sites for hydroxylation is 1. The molecular formula is C21H25NO4. The summed E-state index contributed by atoms with van der Waals surface area (Å²) >= 11 is 0. The molecule has 0 fully saturated rings. The summed E-state index contributed by atoms with van der Waals surface area (Å²) in [5, 5.41) is 11.9. The number of nitrogens with one attached hydrogen (secondary N) is 1. The Morgan fingerprint density at radius 1 is 1.04 bits per heavy atom. The van der Waals surface area contributed by atoms with Gasteiger partial charge in [0.05, 0.1) is 0 Å². The number of ether oxygens (including phenoxy) is 1. The van der Waals surface area contributed by atoms with Crippen LogP contribution in [0.4, 0.5) is 4.79 Å². The van der Waals surface area contributed by atoms with Crippen molar-refractivity contribution in [1.82, 2.24) is 5.32 Å². The Balaban J connectivity index is 2.08. The van der Waals surface area contributed by atoms with Crippen molar-refractivity contribution in [2.45, 2.75) is 45.3 Å². The maximum absolute atomic E-state index is 11.9. The van der Waals surface area contributed by atoms with Gasteiger partial charge in [0.15, 0.2) is 0 Å². The van der Waals surface area contributed by atoms with Crippen molar-refractivity contribution in [3.8, 4) is 11.1 Å². The lowest BCUT2D eigenvalue weighted by Crippen LogP contribution is -2.43. The maximum Gasteiger partial charge on any atom is 0.408 e. The van der Waals surface area contributed by atoms with Gasteiger partial charge in [-0.15, -0.1) is 0 Å². The predicted octanol–water partition coefficient (Wildman–Crippen LogP) is 4.26. The Hall–Kier alpha value is -2.82. The number of carboxylic acids is 1. The molecule has 0 radical (unpaired) electrons. The first-order valence-electron chi connectivity index (χ1n) is 8.62. The number of aliphatic carboxylic acids is 1. The summed E-state index contributed by atoms with van der Waals surface area (Å²) in [5.41, 5.74) is 2.51. The van der Waals surface area contributed by atoms with Crippen LogP contribution in [0.3, 0.4) is 0 Å². The molecule has 0 aliphatic rings. The van der Waals surface area contributed by atoms with Crippen molar-refractivity contribution < 1.29 is 19.4 Å². The van der Waals surface area contributed by atoms with Crippen LogP contribution in [-0.2, 0) is 16.0 Å². The van der Waals surface area contributed by atoms with Crippen LogP contribution in [-0.4, -0.2) is 28.8 Å². The molecule has 2 N–H and O–H groups in total. The molecule has 2 rings (SSSR count). The smallest absolute Gasteiger partial charge is 0.408 e. The number of amides is 1. The highest BCUT2D eigenvalue weighted by Crippen LogP contribution is 2.24. The molecule has 26 heavy (non-hydrogen) atoms. The molecule has 2 aromatic carbocycles. The molecule has 1 atom stereocenters. The van der Waals surface area contributed by atoms with Gasteiger partial charge < -0.3 is 15.2 Å². The van der Waals surface area contributed by atoms with Gasteiger partial charge in [0, 0.05) is 0 Å². The molecule has 0 saturated carbocycles. The van der Waals surface area contributed by atoms with Gasteiger partial charge >= 0.3 is 12.1 Å². The maximum atomic E-state index is 11.9. The fraction of sp³-hybridized carbons (Fsp3) is 0.333. The van der Waals surface area contributed by atoms with E-state index in [-0.39, 0.29) is 6.42 Å². The summed E-state index contributed by atoms with van der Waals surface area (Å²) in [5.74, 6) is -1.08. The second kappa shape index (κ2) is 8.52. The van der Waals surface area contributed by atoms with E-state index in [1.807, 2.05) is 54.6 Å². The van der Waals surface area contributed by atoms with E-state index in [2.05, 4.69) is 5.32 Å². The van der Waals surface area contributed by atoms with E-state index in [0.29, 0.717) is 6.42 Å². The number of hydrogen-bond acceptors (Lipinski definition) is 3. The van der Waals surface area contributed by atoms with E-state index >= 15 is 0 Å². The second-order valence-electron chi connectivity index (χ2n) is 7.10. The van der Waals surface area contributed by atoms with Gasteiger partial charge in [-0.25, -0.2) is 9.59 Å². The van der Waals surface area contributed by atoms with Crippen molar-refractivity contribution in [1.29, 1.82) is 0 Å². The van der Waals surface area contributed by atoms with Crippen molar-refractivity contribution in [2.75, 3.05) is 0 Å². The molecule has 0 heterocycles. The highest BCUT2D eigenvalue weighted by Gasteiger charge is 2.24. The largest absolute Gasteiger partial charge is 0.480 e. The SMILES string of the molecule is CC(C)(C)OC(=O)N[C@@H](CCc1ccccc1-c1ccccc1)C(=O)O. The average molecular weight is 355 g/mol. The number of rotatable bonds is 6. The van der Waals surface area contributed by atoms with Gasteiger partial charge in [0.25, 0.3) is 0 Å². The van der Waals surface area contributed by atoms with E-state index in [4.69, 9.17) is 4.74 Å². The van der Waals surface area contributed by atoms with Crippen LogP contribution in [0.2, 0.25) is 0 Å². The molecule has 1 amide bonds. The van der Waals surface area contributed by atoms with Gasteiger partial charge in [0.2, 0.25) is 0 Å². The lowest BCUT2D eigenvalue weighted by Gasteiger charge is -2.22. The van der Waals surface area contributed by atoms with Gasteiger partial charge in [-0.2, -0.15) is 0 Å². The normalized spacial score (nSPS) is 12.3. The molecule has 138 valence electrons. The first kappa shape index (κ1) is 19.5. The van der Waals surface area contributed by atoms with Crippen LogP contribution in [0.25, 0.3) is 11.1 Å². The Kier molecular flexibility index (Phi) is 6.39. The van der Waals surface area contributed by atoms with Crippen LogP contribution in [0, 0.1) is 0 Å². The van der Waals surface area contributed by atoms with Crippen LogP contribution < -0.4 is 5.32 Å². The molecule has 0 bridgehead atoms. The molecular weight excluding hydrogens is 330 g/mol. The lowest BCUT2D eigenvalue weighted by molar-refractivity contribution is -0.139. The highest BCUT2D eigenvalue weighted by atomic mass is 16.6. The minimum absolute atomic E-state index is 0.276. The first-order valence-corrected chi connectivity index (χ1v) is 8.62. The summed E-state index contributed by atoms with van der Waals surface area (Å²) in [4.78, 5) is 23.4. The van der Waals surface area contributed by atoms with Crippen LogP contribution >= 0.6 is 0 Å². The average Bonchev–Trinajstić information content (AvgIpc) is 2.58. The Morgan fingerprint density at radius 3 is 2.27 bits per heavy atom. The molecule has 5 nitrogen and oxygen atoms in total. The fourth-order valence-electron chi connectivity index (χ4n) is 2.64. The third-order valence-corrected chi connectivity index (χ3v) is 3.79. The Bertz CT molecular complexity index is 750. The molecule has 2 aromatic rings. The third kappa shape index (κ3) is 5.92. The number of alkyl carbamates (subject to hydrolysis) is 1. The molecule has 0 saturated heterocycles. The molecule has 0 aliphatic carbocycles. The lowest BCUT2D eigenvalue weighted by atomic mass is 9.95. The van der Waals surface area contributed by atoms with E-state index in [1.54, 1.807) is 20.8 Å². The number of carbonyl (C=O) groups is 2. The van der Waals surface area contributed by atoms with Gasteiger partial charge in [0.1, 0.15) is 11.6 Å². The molecule has 0 unspecified atom stereocenters. The topological polar surface area (TPSA) is 75.6 Å². The van der Waals surface area contributed by atoms with Crippen LogP contribution in [0.1, 0.15) is 32.8 Å². The van der Waals surface area contributed by atoms with Gasteiger partial charge in [-0.05, 0) is 50.3 Å². The van der Waals surface area contributed by atoms with Gasteiger partial charge in [-0.1, -0.05) is 54.6 Å². The van der Waals surface area contributed by atoms with Gasteiger partial charge in [-0.3, -0.25) is 0 Å². The molecule has 5 heteroatoms. The Labute approximate surface area is 154 Å². The summed E-state index contributed by atoms with van der Waals surface area (Å²) < 4.78 is 5.15. The van der Waals surface area contributed by atoms with Crippen molar-refractivity contribution in [3.63, 3.8) is 0 Å². The first-order chi connectivity index (χ1) is 12.3. The number of benzene rings is 2. The van der Waals surface area contributed by atoms with E-state index in [1.165, 1.54) is 0 Å². The fourth-order valence-corrected chi connectivity index (χ4v) is 2.64. The Morgan fingerprint density at radius 2 is 1.65 bits per heavy atom. The predicted molar refractivity (Wildman–Crippen MR) is 101 cm³/mol. The van der Waals surface area contributed by atoms with Crippen LogP contribution in [0.15, 0.2) is 54.6 Å². The minimum atomic E-state index is -1.08. The number of hydrogen-bond donors (Lipinski definition) is 2. The quantitative estimate of drug-likeness (QED) is 0.812. The standard InChI is InChI=1S/C21H25NO4/c1-21(2,3)26-20(25)22-18(19(23)24)14-13-16-11-7-8-12-17(16)15-9-5-4-6-10-15/h4-12,18H,13-14H2,1-3H3,(H,22,25)(H,23,24)/t18-/m0/s1. The van der Waals surface area contributed by atoms with Crippen LogP contribution in [0.5, 0.6) is 0 Å². The second-order valence-corrected chi connectivity index (χ2v) is 7.10. The third-order valence-electron chi connectivity index (χ3n) is 3.79. The number of carbonyl (C=O) groups excluding carboxylic acids is 1. The zero-order chi connectivity index (χ0) is 19.2. The summed E-state index contributed by atoms with van der Waals surface area (Å²) in [6.45, 7) is 5.20. The zero-order valence-electron chi connectivity index (χ0n) is 15.4.